The van der Waals surface area contributed by atoms with Crippen molar-refractivity contribution in [2.24, 2.45) is 0 Å². The maximum absolute atomic E-state index is 12.1. The van der Waals surface area contributed by atoms with Gasteiger partial charge in [-0.1, -0.05) is 12.1 Å². The van der Waals surface area contributed by atoms with E-state index in [1.54, 1.807) is 19.2 Å². The Morgan fingerprint density at radius 2 is 1.71 bits per heavy atom. The second-order valence-corrected chi connectivity index (χ2v) is 4.55. The van der Waals surface area contributed by atoms with Gasteiger partial charge < -0.3 is 14.8 Å². The van der Waals surface area contributed by atoms with Gasteiger partial charge in [0.25, 0.3) is 0 Å². The molecule has 2 aromatic carbocycles. The number of halogens is 2. The number of anilines is 1. The van der Waals surface area contributed by atoms with Crippen LogP contribution in [0.1, 0.15) is 18.5 Å². The molecule has 5 heteroatoms. The predicted octanol–water partition coefficient (Wildman–Crippen LogP) is 4.47. The van der Waals surface area contributed by atoms with Gasteiger partial charge in [-0.15, -0.1) is 0 Å². The molecular formula is C16H17F2NO2. The SMILES string of the molecule is COc1cccc(C(C)Nc2ccc(OC(F)F)cc2)c1. The minimum Gasteiger partial charge on any atom is -0.497 e. The van der Waals surface area contributed by atoms with Crippen LogP contribution in [0, 0.1) is 0 Å². The van der Waals surface area contributed by atoms with Crippen LogP contribution in [-0.4, -0.2) is 13.7 Å². The van der Waals surface area contributed by atoms with Gasteiger partial charge >= 0.3 is 6.61 Å². The first-order valence-electron chi connectivity index (χ1n) is 6.54. The number of methoxy groups -OCH3 is 1. The third-order valence-corrected chi connectivity index (χ3v) is 3.06. The maximum Gasteiger partial charge on any atom is 0.387 e. The lowest BCUT2D eigenvalue weighted by molar-refractivity contribution is -0.0498. The van der Waals surface area contributed by atoms with Crippen molar-refractivity contribution < 1.29 is 18.3 Å². The fourth-order valence-corrected chi connectivity index (χ4v) is 1.98. The fourth-order valence-electron chi connectivity index (χ4n) is 1.98. The molecule has 2 rings (SSSR count). The Kier molecular flexibility index (Phi) is 4.98. The van der Waals surface area contributed by atoms with Gasteiger partial charge in [0.1, 0.15) is 11.5 Å². The molecular weight excluding hydrogens is 276 g/mol. The second kappa shape index (κ2) is 6.92. The van der Waals surface area contributed by atoms with E-state index in [1.165, 1.54) is 12.1 Å². The van der Waals surface area contributed by atoms with Crippen LogP contribution < -0.4 is 14.8 Å². The van der Waals surface area contributed by atoms with Crippen molar-refractivity contribution in [1.29, 1.82) is 0 Å². The van der Waals surface area contributed by atoms with Crippen molar-refractivity contribution in [2.75, 3.05) is 12.4 Å². The van der Waals surface area contributed by atoms with Crippen LogP contribution >= 0.6 is 0 Å². The molecule has 0 radical (unpaired) electrons. The average Bonchev–Trinajstić information content (AvgIpc) is 2.49. The molecule has 0 aliphatic heterocycles. The smallest absolute Gasteiger partial charge is 0.387 e. The molecule has 3 nitrogen and oxygen atoms in total. The molecule has 1 unspecified atom stereocenters. The first-order chi connectivity index (χ1) is 10.1. The zero-order valence-electron chi connectivity index (χ0n) is 11.8. The number of alkyl halides is 2. The number of benzene rings is 2. The van der Waals surface area contributed by atoms with E-state index < -0.39 is 6.61 Å². The lowest BCUT2D eigenvalue weighted by Crippen LogP contribution is -2.07. The minimum atomic E-state index is -2.81. The topological polar surface area (TPSA) is 30.5 Å². The molecule has 1 N–H and O–H groups in total. The van der Waals surface area contributed by atoms with Crippen LogP contribution in [0.5, 0.6) is 11.5 Å². The molecule has 0 aromatic heterocycles. The largest absolute Gasteiger partial charge is 0.497 e. The van der Waals surface area contributed by atoms with E-state index in [4.69, 9.17) is 4.74 Å². The van der Waals surface area contributed by atoms with Crippen LogP contribution in [0.2, 0.25) is 0 Å². The normalized spacial score (nSPS) is 12.0. The predicted molar refractivity (Wildman–Crippen MR) is 78.1 cm³/mol. The van der Waals surface area contributed by atoms with E-state index >= 15 is 0 Å². The molecule has 0 aliphatic carbocycles. The highest BCUT2D eigenvalue weighted by Crippen LogP contribution is 2.24. The van der Waals surface area contributed by atoms with Gasteiger partial charge in [-0.2, -0.15) is 8.78 Å². The number of nitrogens with one attached hydrogen (secondary N) is 1. The Morgan fingerprint density at radius 3 is 2.33 bits per heavy atom. The molecule has 112 valence electrons. The van der Waals surface area contributed by atoms with E-state index in [0.717, 1.165) is 17.0 Å². The lowest BCUT2D eigenvalue weighted by atomic mass is 10.1. The van der Waals surface area contributed by atoms with Gasteiger partial charge in [0.05, 0.1) is 7.11 Å². The van der Waals surface area contributed by atoms with E-state index in [-0.39, 0.29) is 11.8 Å². The summed E-state index contributed by atoms with van der Waals surface area (Å²) in [5.41, 5.74) is 1.90. The van der Waals surface area contributed by atoms with Crippen LogP contribution in [0.25, 0.3) is 0 Å². The molecule has 0 aliphatic rings. The summed E-state index contributed by atoms with van der Waals surface area (Å²) in [5, 5.41) is 3.29. The number of rotatable bonds is 6. The van der Waals surface area contributed by atoms with E-state index in [9.17, 15) is 8.78 Å². The molecule has 21 heavy (non-hydrogen) atoms. The summed E-state index contributed by atoms with van der Waals surface area (Å²) in [7, 11) is 1.62. The van der Waals surface area contributed by atoms with Crippen LogP contribution in [-0.2, 0) is 0 Å². The average molecular weight is 293 g/mol. The number of hydrogen-bond acceptors (Lipinski definition) is 3. The lowest BCUT2D eigenvalue weighted by Gasteiger charge is -2.16. The number of hydrogen-bond donors (Lipinski definition) is 1. The van der Waals surface area contributed by atoms with Gasteiger partial charge in [0.2, 0.25) is 0 Å². The second-order valence-electron chi connectivity index (χ2n) is 4.55. The summed E-state index contributed by atoms with van der Waals surface area (Å²) in [6.45, 7) is -0.794. The van der Waals surface area contributed by atoms with Gasteiger partial charge in [0, 0.05) is 11.7 Å². The van der Waals surface area contributed by atoms with E-state index in [1.807, 2.05) is 31.2 Å². The quantitative estimate of drug-likeness (QED) is 0.852. The molecule has 0 bridgehead atoms. The Labute approximate surface area is 122 Å². The Balaban J connectivity index is 2.03. The van der Waals surface area contributed by atoms with Gasteiger partial charge in [-0.3, -0.25) is 0 Å². The first-order valence-corrected chi connectivity index (χ1v) is 6.54. The monoisotopic (exact) mass is 293 g/mol. The van der Waals surface area contributed by atoms with Crippen molar-refractivity contribution in [1.82, 2.24) is 0 Å². The van der Waals surface area contributed by atoms with Crippen molar-refractivity contribution in [3.63, 3.8) is 0 Å². The summed E-state index contributed by atoms with van der Waals surface area (Å²) in [6.07, 6.45) is 0. The summed E-state index contributed by atoms with van der Waals surface area (Å²) in [6, 6.07) is 14.2. The third-order valence-electron chi connectivity index (χ3n) is 3.06. The molecule has 1 atom stereocenters. The van der Waals surface area contributed by atoms with E-state index in [2.05, 4.69) is 10.1 Å². The molecule has 0 amide bonds. The molecule has 2 aromatic rings. The third kappa shape index (κ3) is 4.34. The molecule has 0 saturated heterocycles. The van der Waals surface area contributed by atoms with Crippen molar-refractivity contribution in [2.45, 2.75) is 19.6 Å². The standard InChI is InChI=1S/C16H17F2NO2/c1-11(12-4-3-5-15(10-12)20-2)19-13-6-8-14(9-7-13)21-16(17)18/h3-11,16,19H,1-2H3. The molecule has 0 fully saturated rings. The van der Waals surface area contributed by atoms with Crippen LogP contribution in [0.3, 0.4) is 0 Å². The zero-order valence-corrected chi connectivity index (χ0v) is 11.8. The maximum atomic E-state index is 12.1. The summed E-state index contributed by atoms with van der Waals surface area (Å²) < 4.78 is 33.7. The summed E-state index contributed by atoms with van der Waals surface area (Å²) in [5.74, 6) is 0.936. The van der Waals surface area contributed by atoms with E-state index in [0.29, 0.717) is 0 Å². The van der Waals surface area contributed by atoms with Crippen molar-refractivity contribution in [3.8, 4) is 11.5 Å². The van der Waals surface area contributed by atoms with Gasteiger partial charge in [-0.25, -0.2) is 0 Å². The Bertz CT molecular complexity index is 573. The van der Waals surface area contributed by atoms with Gasteiger partial charge in [-0.05, 0) is 48.9 Å². The van der Waals surface area contributed by atoms with Crippen LogP contribution in [0.15, 0.2) is 48.5 Å². The highest BCUT2D eigenvalue weighted by Gasteiger charge is 2.07. The summed E-state index contributed by atoms with van der Waals surface area (Å²) in [4.78, 5) is 0. The Hall–Kier alpha value is -2.30. The molecule has 0 spiro atoms. The fraction of sp³-hybridized carbons (Fsp3) is 0.250. The zero-order chi connectivity index (χ0) is 15.2. The molecule has 0 saturated carbocycles. The van der Waals surface area contributed by atoms with Crippen LogP contribution in [0.4, 0.5) is 14.5 Å². The highest BCUT2D eigenvalue weighted by atomic mass is 19.3. The Morgan fingerprint density at radius 1 is 1.00 bits per heavy atom. The van der Waals surface area contributed by atoms with Crippen molar-refractivity contribution >= 4 is 5.69 Å². The highest BCUT2D eigenvalue weighted by molar-refractivity contribution is 5.48. The van der Waals surface area contributed by atoms with Crippen molar-refractivity contribution in [3.05, 3.63) is 54.1 Å². The minimum absolute atomic E-state index is 0.0574. The first kappa shape index (κ1) is 15.1. The summed E-state index contributed by atoms with van der Waals surface area (Å²) >= 11 is 0. The molecule has 0 heterocycles. The van der Waals surface area contributed by atoms with Gasteiger partial charge in [0.15, 0.2) is 0 Å². The number of ether oxygens (including phenoxy) is 2.